The molecule has 0 heterocycles. The van der Waals surface area contributed by atoms with E-state index in [1.807, 2.05) is 0 Å². The summed E-state index contributed by atoms with van der Waals surface area (Å²) in [7, 11) is 1.52. The lowest BCUT2D eigenvalue weighted by molar-refractivity contribution is -0.143. The molecule has 0 aliphatic rings. The van der Waals surface area contributed by atoms with E-state index in [9.17, 15) is 13.2 Å². The van der Waals surface area contributed by atoms with Gasteiger partial charge < -0.3 is 5.73 Å². The number of alkyl halides is 3. The second-order valence-corrected chi connectivity index (χ2v) is 4.73. The normalized spacial score (nSPS) is 14.3. The van der Waals surface area contributed by atoms with Crippen LogP contribution < -0.4 is 5.73 Å². The van der Waals surface area contributed by atoms with Crippen LogP contribution in [0.1, 0.15) is 39.0 Å². The first kappa shape index (κ1) is 16.7. The number of nitrogens with two attached hydrogens (primary N) is 1. The fourth-order valence-electron chi connectivity index (χ4n) is 2.11. The summed E-state index contributed by atoms with van der Waals surface area (Å²) in [6, 6.07) is 0. The SMILES string of the molecule is CCCC(CCN)CCCN(C)CC(F)(F)F. The Kier molecular flexibility index (Phi) is 8.60. The Labute approximate surface area is 102 Å². The van der Waals surface area contributed by atoms with Crippen molar-refractivity contribution in [3.05, 3.63) is 0 Å². The second-order valence-electron chi connectivity index (χ2n) is 4.73. The van der Waals surface area contributed by atoms with Crippen molar-refractivity contribution in [2.45, 2.75) is 45.2 Å². The van der Waals surface area contributed by atoms with Crippen LogP contribution in [0.25, 0.3) is 0 Å². The third-order valence-corrected chi connectivity index (χ3v) is 2.87. The maximum absolute atomic E-state index is 12.1. The molecule has 0 aliphatic heterocycles. The summed E-state index contributed by atoms with van der Waals surface area (Å²) in [5, 5.41) is 0. The summed E-state index contributed by atoms with van der Waals surface area (Å²) >= 11 is 0. The Morgan fingerprint density at radius 3 is 2.29 bits per heavy atom. The third-order valence-electron chi connectivity index (χ3n) is 2.87. The summed E-state index contributed by atoms with van der Waals surface area (Å²) in [5.74, 6) is 0.573. The lowest BCUT2D eigenvalue weighted by Crippen LogP contribution is -2.31. The molecule has 0 aromatic heterocycles. The zero-order valence-electron chi connectivity index (χ0n) is 10.9. The molecule has 1 atom stereocenters. The maximum Gasteiger partial charge on any atom is 0.401 e. The molecule has 0 aromatic rings. The van der Waals surface area contributed by atoms with Crippen molar-refractivity contribution >= 4 is 0 Å². The van der Waals surface area contributed by atoms with Crippen molar-refractivity contribution < 1.29 is 13.2 Å². The summed E-state index contributed by atoms with van der Waals surface area (Å²) in [6.07, 6.45) is 0.930. The highest BCUT2D eigenvalue weighted by molar-refractivity contribution is 4.63. The Hall–Kier alpha value is -0.290. The van der Waals surface area contributed by atoms with Gasteiger partial charge in [0.15, 0.2) is 0 Å². The van der Waals surface area contributed by atoms with Crippen molar-refractivity contribution in [1.82, 2.24) is 4.90 Å². The molecule has 0 aliphatic carbocycles. The van der Waals surface area contributed by atoms with Crippen LogP contribution in [-0.4, -0.2) is 37.8 Å². The minimum absolute atomic E-state index is 0.504. The van der Waals surface area contributed by atoms with Crippen molar-refractivity contribution in [2.24, 2.45) is 11.7 Å². The number of hydrogen-bond donors (Lipinski definition) is 1. The molecule has 0 amide bonds. The number of rotatable bonds is 9. The van der Waals surface area contributed by atoms with E-state index in [4.69, 9.17) is 5.73 Å². The van der Waals surface area contributed by atoms with Crippen LogP contribution in [-0.2, 0) is 0 Å². The summed E-state index contributed by atoms with van der Waals surface area (Å²) in [6.45, 7) is 2.48. The van der Waals surface area contributed by atoms with Gasteiger partial charge in [0.1, 0.15) is 0 Å². The highest BCUT2D eigenvalue weighted by atomic mass is 19.4. The monoisotopic (exact) mass is 254 g/mol. The van der Waals surface area contributed by atoms with Gasteiger partial charge in [-0.05, 0) is 45.3 Å². The fourth-order valence-corrected chi connectivity index (χ4v) is 2.11. The highest BCUT2D eigenvalue weighted by Crippen LogP contribution is 2.19. The van der Waals surface area contributed by atoms with E-state index in [1.165, 1.54) is 11.9 Å². The first-order valence-electron chi connectivity index (χ1n) is 6.34. The van der Waals surface area contributed by atoms with Gasteiger partial charge in [-0.3, -0.25) is 4.90 Å². The Balaban J connectivity index is 3.72. The second kappa shape index (κ2) is 8.75. The van der Waals surface area contributed by atoms with E-state index in [2.05, 4.69) is 6.92 Å². The van der Waals surface area contributed by atoms with Crippen LogP contribution in [0.15, 0.2) is 0 Å². The molecule has 5 heteroatoms. The van der Waals surface area contributed by atoms with Gasteiger partial charge in [-0.15, -0.1) is 0 Å². The van der Waals surface area contributed by atoms with Gasteiger partial charge in [-0.25, -0.2) is 0 Å². The highest BCUT2D eigenvalue weighted by Gasteiger charge is 2.28. The van der Waals surface area contributed by atoms with E-state index in [0.717, 1.165) is 32.1 Å². The molecule has 2 N–H and O–H groups in total. The van der Waals surface area contributed by atoms with E-state index in [1.54, 1.807) is 0 Å². The van der Waals surface area contributed by atoms with Gasteiger partial charge in [0.05, 0.1) is 6.54 Å². The standard InChI is InChI=1S/C12H25F3N2/c1-3-5-11(7-8-16)6-4-9-17(2)10-12(13,14)15/h11H,3-10,16H2,1-2H3. The maximum atomic E-state index is 12.1. The van der Waals surface area contributed by atoms with Gasteiger partial charge in [0.2, 0.25) is 0 Å². The summed E-state index contributed by atoms with van der Waals surface area (Å²) < 4.78 is 36.2. The van der Waals surface area contributed by atoms with Crippen LogP contribution in [0.2, 0.25) is 0 Å². The number of nitrogens with zero attached hydrogens (tertiary/aromatic N) is 1. The van der Waals surface area contributed by atoms with Gasteiger partial charge >= 0.3 is 6.18 Å². The van der Waals surface area contributed by atoms with Crippen molar-refractivity contribution in [2.75, 3.05) is 26.7 Å². The van der Waals surface area contributed by atoms with E-state index >= 15 is 0 Å². The minimum Gasteiger partial charge on any atom is -0.330 e. The molecule has 104 valence electrons. The zero-order chi connectivity index (χ0) is 13.3. The number of halogens is 3. The van der Waals surface area contributed by atoms with E-state index in [0.29, 0.717) is 19.0 Å². The predicted molar refractivity (Wildman–Crippen MR) is 64.9 cm³/mol. The van der Waals surface area contributed by atoms with Crippen LogP contribution in [0.3, 0.4) is 0 Å². The first-order valence-corrected chi connectivity index (χ1v) is 6.34. The molecule has 2 nitrogen and oxygen atoms in total. The Morgan fingerprint density at radius 1 is 1.18 bits per heavy atom. The molecular weight excluding hydrogens is 229 g/mol. The summed E-state index contributed by atoms with van der Waals surface area (Å²) in [5.41, 5.74) is 5.52. The van der Waals surface area contributed by atoms with Gasteiger partial charge in [0, 0.05) is 0 Å². The smallest absolute Gasteiger partial charge is 0.330 e. The molecule has 0 radical (unpaired) electrons. The third kappa shape index (κ3) is 10.6. The average Bonchev–Trinajstić information content (AvgIpc) is 2.15. The van der Waals surface area contributed by atoms with Crippen LogP contribution in [0, 0.1) is 5.92 Å². The van der Waals surface area contributed by atoms with Crippen LogP contribution in [0.5, 0.6) is 0 Å². The van der Waals surface area contributed by atoms with Crippen molar-refractivity contribution in [3.8, 4) is 0 Å². The molecule has 0 bridgehead atoms. The van der Waals surface area contributed by atoms with Crippen molar-refractivity contribution in [1.29, 1.82) is 0 Å². The van der Waals surface area contributed by atoms with E-state index in [-0.39, 0.29) is 0 Å². The van der Waals surface area contributed by atoms with Crippen LogP contribution in [0.4, 0.5) is 13.2 Å². The van der Waals surface area contributed by atoms with Gasteiger partial charge in [-0.1, -0.05) is 19.8 Å². The number of hydrogen-bond acceptors (Lipinski definition) is 2. The van der Waals surface area contributed by atoms with Gasteiger partial charge in [-0.2, -0.15) is 13.2 Å². The molecule has 0 rings (SSSR count). The summed E-state index contributed by atoms with van der Waals surface area (Å²) in [4.78, 5) is 1.34. The minimum atomic E-state index is -4.09. The van der Waals surface area contributed by atoms with Gasteiger partial charge in [0.25, 0.3) is 0 Å². The average molecular weight is 254 g/mol. The van der Waals surface area contributed by atoms with Crippen molar-refractivity contribution in [3.63, 3.8) is 0 Å². The quantitative estimate of drug-likeness (QED) is 0.685. The molecule has 0 saturated heterocycles. The lowest BCUT2D eigenvalue weighted by atomic mass is 9.94. The largest absolute Gasteiger partial charge is 0.401 e. The molecule has 17 heavy (non-hydrogen) atoms. The fraction of sp³-hybridized carbons (Fsp3) is 1.00. The molecule has 0 spiro atoms. The Morgan fingerprint density at radius 2 is 1.82 bits per heavy atom. The predicted octanol–water partition coefficient (Wildman–Crippen LogP) is 3.03. The molecule has 0 fully saturated rings. The van der Waals surface area contributed by atoms with Crippen LogP contribution >= 0.6 is 0 Å². The lowest BCUT2D eigenvalue weighted by Gasteiger charge is -2.20. The topological polar surface area (TPSA) is 29.3 Å². The molecule has 1 unspecified atom stereocenters. The molecular formula is C12H25F3N2. The first-order chi connectivity index (χ1) is 7.89. The molecule has 0 aromatic carbocycles. The zero-order valence-corrected chi connectivity index (χ0v) is 10.9. The molecule has 0 saturated carbocycles. The Bertz CT molecular complexity index is 177. The van der Waals surface area contributed by atoms with E-state index < -0.39 is 12.7 Å².